The first-order valence-electron chi connectivity index (χ1n) is 45.2. The first-order valence-corrected chi connectivity index (χ1v) is 46.0. The summed E-state index contributed by atoms with van der Waals surface area (Å²) >= 11 is 14.9. The molecule has 16 rings (SSSR count). The van der Waals surface area contributed by atoms with Crippen LogP contribution in [0.4, 0.5) is 0 Å². The zero-order valence-corrected chi connectivity index (χ0v) is 78.1. The first kappa shape index (κ1) is 104. The van der Waals surface area contributed by atoms with Crippen LogP contribution >= 0.6 is 23.2 Å². The highest BCUT2D eigenvalue weighted by Gasteiger charge is 2.52. The Balaban J connectivity index is 1.05. The second-order valence-electron chi connectivity index (χ2n) is 35.7. The SMILES string of the molecule is CC(=O)N[C@H]1[C@H](O[C@@H]2c3ccc(c(Cl)c3)Oc3cc4cc(c3O[C@@H]3O[C@H](CO)[C@@H](O)[C@H](O)[C@H]3NC(=O)CCCCCCC(C)C)Oc3ccc(cc3Cl)C[C@H]3NC(=O)[C@H]([15NH]C(C)=O)c5ccc(O)c(c5)Oc5cc(O)cc(c5)[C@H](NC3=O)C(=O)N[C@H]4C(=O)N[C@H]3C(=O)N[C@@H]2C(=O)N[C@H](C(=O)NCCCN(C)C)c2cc(O)cc(O[C@H]4O[C@H](CO)[C@@H](O)C(O)=C4O)c2-c2cc3ccc2O)O[C@H](CO)[C@@H](O)[C@@H]1O. The highest BCUT2D eigenvalue weighted by molar-refractivity contribution is 6.32. The predicted molar refractivity (Wildman–Crippen MR) is 492 cm³/mol. The van der Waals surface area contributed by atoms with Gasteiger partial charge in [-0.15, -0.1) is 0 Å². The number of unbranched alkanes of at least 4 members (excludes halogenated alkanes) is 3. The lowest BCUT2D eigenvalue weighted by Crippen LogP contribution is -2.65. The molecule has 0 saturated carbocycles. The third kappa shape index (κ3) is 23.7. The lowest BCUT2D eigenvalue weighted by molar-refractivity contribution is -0.284. The van der Waals surface area contributed by atoms with E-state index in [1.165, 1.54) is 30.3 Å². The summed E-state index contributed by atoms with van der Waals surface area (Å²) in [6.45, 7) is 3.21. The number of amides is 10. The van der Waals surface area contributed by atoms with Gasteiger partial charge in [-0.2, -0.15) is 0 Å². The number of halogens is 2. The fourth-order valence-electron chi connectivity index (χ4n) is 17.3. The summed E-state index contributed by atoms with van der Waals surface area (Å²) in [4.78, 5) is 157. The Bertz CT molecular complexity index is 5940. The van der Waals surface area contributed by atoms with E-state index < -0.39 is 327 Å². The highest BCUT2D eigenvalue weighted by Crippen LogP contribution is 2.51. The Labute approximate surface area is 814 Å². The standard InChI is InChI=1S/C95H109Cl2N11O33/c1-39(2)12-9-7-8-10-13-67(118)102-75-81(123)78(120)65(37-110)138-94(75)141-85-62-31-47-32-63(85)135-59-21-17-45(29-54(59)97)84(140-93-74(100-41(4)113)80(122)77(119)64(36-109)137-93)76-92(132)106-73(87(127)98-22-11-23-108(5)6)52-34-49(115)35-61(136-95-83(125)82(124)79(121)66(38-111)139-95)68(52)51-28-43(15-18-56(51)116)70(89(129)107-76)104-91(131)72(47)105-90(130)71-46-26-48(114)33-50(27-46)133-60-30-44(16-19-57(60)117)69(99-40(3)112)88(128)101-55(86(126)103-71)25-42-14-20-58(134-62)53(96)24-42/h14-21,24,26-35,39,55,64-66,69-81,84,93-95,109-111,114-117,119-125H,7-13,22-23,25,36-38H2,1-6H3,(H,98,127)(H,99,112)(H,100,113)(H,101,128)(H,102,118)(H,103,126)(H,104,131)(H,105,130)(H,106,132)(H,107,129)/t55-,64-,65-,66-,69-,70-,71+,72-,73+,74-,75-,76+,77-,78-,79-,80-,81-,84-,93+,94+,95+/m1/s1/i99+1. The number of carbonyl (C=O) groups excluding carboxylic acids is 10. The smallest absolute Gasteiger partial charge is 0.262 e. The first-order chi connectivity index (χ1) is 67.1. The van der Waals surface area contributed by atoms with Gasteiger partial charge < -0.3 is 172 Å². The number of fused-ring (bicyclic) bond motifs is 14. The Morgan fingerprint density at radius 2 is 1.09 bits per heavy atom. The van der Waals surface area contributed by atoms with Crippen LogP contribution in [0.3, 0.4) is 0 Å². The average Bonchev–Trinajstić information content (AvgIpc) is 0.754. The Kier molecular flexibility index (Phi) is 32.9. The molecule has 21 atom stereocenters. The minimum atomic E-state index is -2.54. The largest absolute Gasteiger partial charge is 0.508 e. The molecule has 2 fully saturated rings. The van der Waals surface area contributed by atoms with Crippen molar-refractivity contribution in [2.24, 2.45) is 5.92 Å². The molecule has 10 amide bonds. The van der Waals surface area contributed by atoms with E-state index >= 15 is 33.6 Å². The number of carbonyl (C=O) groups is 10. The van der Waals surface area contributed by atoms with E-state index in [1.54, 1.807) is 19.0 Å². The van der Waals surface area contributed by atoms with Crippen molar-refractivity contribution < 1.29 is 162 Å². The second-order valence-corrected chi connectivity index (χ2v) is 36.5. The zero-order valence-electron chi connectivity index (χ0n) is 76.6. The lowest BCUT2D eigenvalue weighted by Gasteiger charge is -2.44. The number of phenolic OH excluding ortho intramolecular Hbond substituents is 4. The van der Waals surface area contributed by atoms with Gasteiger partial charge >= 0.3 is 0 Å². The summed E-state index contributed by atoms with van der Waals surface area (Å²) in [6, 6.07) is 1.24. The number of nitrogens with zero attached hydrogens (tertiary/aromatic N) is 1. The second kappa shape index (κ2) is 44.8. The zero-order chi connectivity index (χ0) is 102. The van der Waals surface area contributed by atoms with E-state index in [9.17, 15) is 85.9 Å². The minimum Gasteiger partial charge on any atom is -0.508 e. The normalized spacial score (nSPS) is 26.8. The van der Waals surface area contributed by atoms with Gasteiger partial charge in [-0.3, -0.25) is 47.9 Å². The van der Waals surface area contributed by atoms with Gasteiger partial charge in [-0.1, -0.05) is 87.0 Å². The fourth-order valence-corrected chi connectivity index (χ4v) is 17.8. The molecule has 9 aliphatic rings. The van der Waals surface area contributed by atoms with Gasteiger partial charge in [0, 0.05) is 56.5 Å². The van der Waals surface area contributed by atoms with Crippen molar-refractivity contribution in [3.05, 3.63) is 176 Å². The quantitative estimate of drug-likeness (QED) is 0.0305. The molecule has 44 nitrogen and oxygen atoms in total. The van der Waals surface area contributed by atoms with Crippen molar-refractivity contribution in [3.8, 4) is 80.1 Å². The third-order valence-electron chi connectivity index (χ3n) is 24.5. The maximum atomic E-state index is 17.2. The molecule has 0 spiro atoms. The third-order valence-corrected chi connectivity index (χ3v) is 25.1. The van der Waals surface area contributed by atoms with Crippen LogP contribution in [0.25, 0.3) is 11.1 Å². The van der Waals surface area contributed by atoms with Crippen molar-refractivity contribution in [1.82, 2.24) is 58.1 Å². The molecule has 0 aliphatic carbocycles. The van der Waals surface area contributed by atoms with E-state index in [-0.39, 0.29) is 46.8 Å². The van der Waals surface area contributed by atoms with E-state index in [1.807, 2.05) is 0 Å². The van der Waals surface area contributed by atoms with Crippen LogP contribution in [0.15, 0.2) is 127 Å². The number of hydrogen-bond donors (Lipinski definition) is 24. The number of aromatic hydroxyl groups is 4. The van der Waals surface area contributed by atoms with Crippen LogP contribution < -0.4 is 76.9 Å². The van der Waals surface area contributed by atoms with Gasteiger partial charge in [0.2, 0.25) is 76.9 Å². The van der Waals surface area contributed by atoms with Crippen LogP contribution in [0.5, 0.6) is 69.0 Å². The molecule has 17 bridgehead atoms. The van der Waals surface area contributed by atoms with Gasteiger partial charge in [0.25, 0.3) is 6.29 Å². The molecule has 24 N–H and O–H groups in total. The molecular weight excluding hydrogens is 1890 g/mol. The molecule has 7 aromatic rings. The summed E-state index contributed by atoms with van der Waals surface area (Å²) in [7, 11) is 3.46. The summed E-state index contributed by atoms with van der Waals surface area (Å²) in [5.41, 5.74) is -3.46. The van der Waals surface area contributed by atoms with Crippen LogP contribution in [0.1, 0.15) is 148 Å². The van der Waals surface area contributed by atoms with E-state index in [0.29, 0.717) is 25.3 Å². The lowest BCUT2D eigenvalue weighted by atomic mass is 9.89. The number of phenols is 4. The van der Waals surface area contributed by atoms with Crippen molar-refractivity contribution in [3.63, 3.8) is 0 Å². The number of rotatable bonds is 24. The van der Waals surface area contributed by atoms with Crippen LogP contribution in [0.2, 0.25) is 10.0 Å². The van der Waals surface area contributed by atoms with Crippen LogP contribution in [0, 0.1) is 5.92 Å². The maximum absolute atomic E-state index is 17.2. The maximum Gasteiger partial charge on any atom is 0.262 e. The molecule has 9 heterocycles. The van der Waals surface area contributed by atoms with Gasteiger partial charge in [0.1, 0.15) is 150 Å². The topological polar surface area (TPSA) is 661 Å². The van der Waals surface area contributed by atoms with Crippen LogP contribution in [-0.4, -0.2) is 274 Å². The monoisotopic (exact) mass is 2000 g/mol. The van der Waals surface area contributed by atoms with Crippen LogP contribution in [-0.2, 0) is 73.3 Å². The fraction of sp³-hybridized carbons (Fsp3) is 0.432. The van der Waals surface area contributed by atoms with Gasteiger partial charge in [-0.05, 0) is 157 Å². The number of benzene rings is 7. The van der Waals surface area contributed by atoms with Crippen molar-refractivity contribution in [2.45, 2.75) is 207 Å². The molecule has 9 aliphatic heterocycles. The number of nitrogens with one attached hydrogen (secondary N) is 10. The summed E-state index contributed by atoms with van der Waals surface area (Å²) < 4.78 is 58.2. The van der Waals surface area contributed by atoms with Crippen molar-refractivity contribution in [2.75, 3.05) is 47.0 Å². The molecule has 0 radical (unpaired) electrons. The van der Waals surface area contributed by atoms with Gasteiger partial charge in [-0.25, -0.2) is 0 Å². The molecule has 0 unspecified atom stereocenters. The Morgan fingerprint density at radius 1 is 0.511 bits per heavy atom. The van der Waals surface area contributed by atoms with Crippen molar-refractivity contribution >= 4 is 82.3 Å². The highest BCUT2D eigenvalue weighted by atomic mass is 35.5. The molecule has 7 aromatic carbocycles. The predicted octanol–water partition coefficient (Wildman–Crippen LogP) is 2.79. The summed E-state index contributed by atoms with van der Waals surface area (Å²) in [5, 5.41) is 186. The summed E-state index contributed by atoms with van der Waals surface area (Å²) in [5.74, 6) is -21.4. The van der Waals surface area contributed by atoms with E-state index in [0.717, 1.165) is 118 Å². The molecule has 46 heteroatoms. The average molecular weight is 2000 g/mol. The molecule has 141 heavy (non-hydrogen) atoms. The van der Waals surface area contributed by atoms with Gasteiger partial charge in [0.15, 0.2) is 35.0 Å². The molecular formula is C95H109Cl2N11O33. The molecule has 2 saturated heterocycles. The molecule has 756 valence electrons. The van der Waals surface area contributed by atoms with Crippen molar-refractivity contribution in [1.29, 1.82) is 0 Å². The number of ether oxygens (including phenoxy) is 9. The Hall–Kier alpha value is -13.2. The number of aliphatic hydroxyl groups excluding tert-OH is 10. The number of hydrogen-bond acceptors (Lipinski definition) is 34. The van der Waals surface area contributed by atoms with E-state index in [2.05, 4.69) is 67.0 Å². The Morgan fingerprint density at radius 3 is 1.73 bits per heavy atom. The molecule has 0 aromatic heterocycles. The number of aliphatic hydroxyl groups is 10. The van der Waals surface area contributed by atoms with Gasteiger partial charge in [0.05, 0.1) is 29.9 Å². The van der Waals surface area contributed by atoms with E-state index in [4.69, 9.17) is 65.8 Å². The summed E-state index contributed by atoms with van der Waals surface area (Å²) in [6.07, 6.45) is -21.5. The minimum absolute atomic E-state index is 0.0279.